The van der Waals surface area contributed by atoms with Crippen LogP contribution in [0.2, 0.25) is 0 Å². The zero-order valence-electron chi connectivity index (χ0n) is 15.4. The van der Waals surface area contributed by atoms with E-state index in [2.05, 4.69) is 20.6 Å². The third-order valence-electron chi connectivity index (χ3n) is 3.99. The minimum absolute atomic E-state index is 0.0908. The molecular weight excluding hydrogens is 418 g/mol. The molecule has 0 atom stereocenters. The van der Waals surface area contributed by atoms with Crippen molar-refractivity contribution in [1.29, 1.82) is 0 Å². The van der Waals surface area contributed by atoms with Crippen LogP contribution in [0.25, 0.3) is 10.9 Å². The highest BCUT2D eigenvalue weighted by atomic mass is 32.2. The van der Waals surface area contributed by atoms with E-state index < -0.39 is 38.4 Å². The molecule has 0 bridgehead atoms. The minimum atomic E-state index is -4.12. The molecule has 0 aliphatic rings. The first kappa shape index (κ1) is 21.3. The Balaban J connectivity index is 1.49. The maximum Gasteiger partial charge on any atom is 0.288 e. The van der Waals surface area contributed by atoms with E-state index in [0.29, 0.717) is 17.6 Å². The first-order valence-electron chi connectivity index (χ1n) is 8.66. The number of aromatic nitrogens is 1. The van der Waals surface area contributed by atoms with Crippen LogP contribution in [0.15, 0.2) is 59.5 Å². The molecule has 0 unspecified atom stereocenters. The summed E-state index contributed by atoms with van der Waals surface area (Å²) in [6.45, 7) is -0.322. The van der Waals surface area contributed by atoms with Gasteiger partial charge in [0.2, 0.25) is 15.9 Å². The van der Waals surface area contributed by atoms with Crippen LogP contribution in [0.5, 0.6) is 0 Å². The van der Waals surface area contributed by atoms with Gasteiger partial charge in [-0.3, -0.25) is 20.4 Å². The lowest BCUT2D eigenvalue weighted by molar-refractivity contribution is -0.121. The highest BCUT2D eigenvalue weighted by Gasteiger charge is 2.17. The zero-order chi connectivity index (χ0) is 21.7. The van der Waals surface area contributed by atoms with Gasteiger partial charge in [-0.2, -0.15) is 0 Å². The topological polar surface area (TPSA) is 117 Å². The van der Waals surface area contributed by atoms with E-state index in [-0.39, 0.29) is 18.7 Å². The fourth-order valence-corrected chi connectivity index (χ4v) is 3.52. The molecule has 3 aromatic rings. The van der Waals surface area contributed by atoms with Gasteiger partial charge in [0, 0.05) is 18.4 Å². The molecule has 0 aliphatic heterocycles. The Morgan fingerprint density at radius 3 is 2.47 bits per heavy atom. The van der Waals surface area contributed by atoms with E-state index in [9.17, 15) is 26.8 Å². The second kappa shape index (κ2) is 8.93. The van der Waals surface area contributed by atoms with Crippen molar-refractivity contribution in [2.75, 3.05) is 6.54 Å². The van der Waals surface area contributed by atoms with Crippen molar-refractivity contribution in [3.05, 3.63) is 71.9 Å². The Labute approximate surface area is 170 Å². The summed E-state index contributed by atoms with van der Waals surface area (Å²) in [5.41, 5.74) is 5.04. The van der Waals surface area contributed by atoms with E-state index in [1.807, 2.05) is 12.1 Å². The summed E-state index contributed by atoms with van der Waals surface area (Å²) in [4.78, 5) is 27.6. The number of hydrogen-bond acceptors (Lipinski definition) is 5. The van der Waals surface area contributed by atoms with Gasteiger partial charge in [0.15, 0.2) is 11.6 Å². The monoisotopic (exact) mass is 434 g/mol. The smallest absolute Gasteiger partial charge is 0.273 e. The molecule has 8 nitrogen and oxygen atoms in total. The summed E-state index contributed by atoms with van der Waals surface area (Å²) in [6, 6.07) is 12.5. The number of hydrazine groups is 1. The third-order valence-corrected chi connectivity index (χ3v) is 5.45. The summed E-state index contributed by atoms with van der Waals surface area (Å²) in [7, 11) is -4.12. The van der Waals surface area contributed by atoms with Gasteiger partial charge in [-0.1, -0.05) is 24.3 Å². The van der Waals surface area contributed by atoms with Crippen molar-refractivity contribution in [3.63, 3.8) is 0 Å². The second-order valence-corrected chi connectivity index (χ2v) is 7.88. The number of pyridine rings is 1. The molecule has 0 spiro atoms. The Bertz CT molecular complexity index is 1220. The summed E-state index contributed by atoms with van der Waals surface area (Å²) >= 11 is 0. The van der Waals surface area contributed by atoms with E-state index in [1.165, 1.54) is 6.07 Å². The van der Waals surface area contributed by atoms with Crippen molar-refractivity contribution in [3.8, 4) is 0 Å². The maximum absolute atomic E-state index is 13.2. The molecule has 3 N–H and O–H groups in total. The summed E-state index contributed by atoms with van der Waals surface area (Å²) in [5, 5.41) is 0.853. The minimum Gasteiger partial charge on any atom is -0.273 e. The number of benzene rings is 2. The molecule has 0 saturated carbocycles. The molecule has 3 rings (SSSR count). The van der Waals surface area contributed by atoms with Gasteiger partial charge in [0.05, 0.1) is 10.4 Å². The van der Waals surface area contributed by atoms with E-state index >= 15 is 0 Å². The van der Waals surface area contributed by atoms with E-state index in [1.54, 1.807) is 18.2 Å². The van der Waals surface area contributed by atoms with Crippen LogP contribution in [0.4, 0.5) is 8.78 Å². The number of amides is 2. The fourth-order valence-electron chi connectivity index (χ4n) is 2.47. The number of carbonyl (C=O) groups is 2. The van der Waals surface area contributed by atoms with Crippen molar-refractivity contribution >= 4 is 32.7 Å². The van der Waals surface area contributed by atoms with Crippen molar-refractivity contribution in [1.82, 2.24) is 20.6 Å². The zero-order valence-corrected chi connectivity index (χ0v) is 16.2. The average Bonchev–Trinajstić information content (AvgIpc) is 2.73. The molecule has 0 aliphatic carbocycles. The Morgan fingerprint density at radius 1 is 0.933 bits per heavy atom. The van der Waals surface area contributed by atoms with Crippen molar-refractivity contribution in [2.24, 2.45) is 0 Å². The molecule has 2 amide bonds. The maximum atomic E-state index is 13.2. The van der Waals surface area contributed by atoms with Crippen LogP contribution < -0.4 is 15.6 Å². The number of halogens is 2. The lowest BCUT2D eigenvalue weighted by Gasteiger charge is -2.09. The van der Waals surface area contributed by atoms with E-state index in [4.69, 9.17) is 0 Å². The van der Waals surface area contributed by atoms with Crippen LogP contribution in [0.3, 0.4) is 0 Å². The number of fused-ring (bicyclic) bond motifs is 1. The normalized spacial score (nSPS) is 11.3. The molecule has 1 aromatic heterocycles. The van der Waals surface area contributed by atoms with Crippen LogP contribution in [-0.4, -0.2) is 31.8 Å². The van der Waals surface area contributed by atoms with Crippen molar-refractivity contribution in [2.45, 2.75) is 11.3 Å². The van der Waals surface area contributed by atoms with Crippen LogP contribution >= 0.6 is 0 Å². The van der Waals surface area contributed by atoms with Gasteiger partial charge in [-0.25, -0.2) is 26.9 Å². The largest absolute Gasteiger partial charge is 0.288 e. The quantitative estimate of drug-likeness (QED) is 0.510. The van der Waals surface area contributed by atoms with Gasteiger partial charge in [-0.05, 0) is 30.3 Å². The summed E-state index contributed by atoms with van der Waals surface area (Å²) in [5.74, 6) is -3.79. The standard InChI is InChI=1S/C19H16F2N4O4S/c20-14-7-6-13(11-15(14)21)30(28,29)22-10-9-18(26)24-25-19(27)17-8-5-12-3-1-2-4-16(12)23-17/h1-8,11,22H,9-10H2,(H,24,26)(H,25,27). The van der Waals surface area contributed by atoms with Gasteiger partial charge in [0.1, 0.15) is 5.69 Å². The van der Waals surface area contributed by atoms with Crippen LogP contribution in [0, 0.1) is 11.6 Å². The molecule has 2 aromatic carbocycles. The predicted octanol–water partition coefficient (Wildman–Crippen LogP) is 1.64. The molecule has 156 valence electrons. The lowest BCUT2D eigenvalue weighted by atomic mass is 10.2. The van der Waals surface area contributed by atoms with Gasteiger partial charge in [0.25, 0.3) is 5.91 Å². The van der Waals surface area contributed by atoms with Gasteiger partial charge in [-0.15, -0.1) is 0 Å². The number of hydrogen-bond donors (Lipinski definition) is 3. The molecule has 0 radical (unpaired) electrons. The first-order valence-corrected chi connectivity index (χ1v) is 10.1. The molecule has 0 saturated heterocycles. The lowest BCUT2D eigenvalue weighted by Crippen LogP contribution is -2.43. The number of nitrogens with one attached hydrogen (secondary N) is 3. The fraction of sp³-hybridized carbons (Fsp3) is 0.105. The Morgan fingerprint density at radius 2 is 1.70 bits per heavy atom. The van der Waals surface area contributed by atoms with Crippen LogP contribution in [0.1, 0.15) is 16.9 Å². The molecule has 30 heavy (non-hydrogen) atoms. The molecular formula is C19H16F2N4O4S. The number of nitrogens with zero attached hydrogens (tertiary/aromatic N) is 1. The second-order valence-electron chi connectivity index (χ2n) is 6.12. The summed E-state index contributed by atoms with van der Waals surface area (Å²) in [6.07, 6.45) is -0.311. The number of sulfonamides is 1. The van der Waals surface area contributed by atoms with E-state index in [0.717, 1.165) is 11.5 Å². The van der Waals surface area contributed by atoms with Crippen molar-refractivity contribution < 1.29 is 26.8 Å². The van der Waals surface area contributed by atoms with Gasteiger partial charge < -0.3 is 0 Å². The number of para-hydroxylation sites is 1. The molecule has 11 heteroatoms. The first-order chi connectivity index (χ1) is 14.3. The number of rotatable bonds is 6. The highest BCUT2D eigenvalue weighted by Crippen LogP contribution is 2.13. The Hall–Kier alpha value is -3.44. The Kier molecular flexibility index (Phi) is 6.33. The number of carbonyl (C=O) groups excluding carboxylic acids is 2. The predicted molar refractivity (Wildman–Crippen MR) is 104 cm³/mol. The van der Waals surface area contributed by atoms with Crippen LogP contribution in [-0.2, 0) is 14.8 Å². The molecule has 1 heterocycles. The SMILES string of the molecule is O=C(CCNS(=O)(=O)c1ccc(F)c(F)c1)NNC(=O)c1ccc2ccccc2n1. The average molecular weight is 434 g/mol. The third kappa shape index (κ3) is 5.13. The molecule has 0 fully saturated rings. The summed E-state index contributed by atoms with van der Waals surface area (Å²) < 4.78 is 52.2. The van der Waals surface area contributed by atoms with Gasteiger partial charge >= 0.3 is 0 Å². The highest BCUT2D eigenvalue weighted by molar-refractivity contribution is 7.89.